The fourth-order valence-corrected chi connectivity index (χ4v) is 5.70. The quantitative estimate of drug-likeness (QED) is 0.0142. The van der Waals surface area contributed by atoms with E-state index in [1.54, 1.807) is 6.92 Å². The van der Waals surface area contributed by atoms with E-state index >= 15 is 0 Å². The molecule has 0 bridgehead atoms. The molecule has 7 unspecified atom stereocenters. The standard InChI is InChI=1S/C20H30O10.C19H28O11.C18H26O12.C8H12O3.C4H6O4.3CH4/c1-13(2)19(25)27-9-7-15(11-21)29-17(23)5-6-18(24)30-16(12-22)8-10-28-20(26)14(3)4;1-12(2)18(24)26-8-7-14(9-20)30-16(22)6-5-15(21)27-10-17(23)28-11-29-19(25)13(3)4;1-11(2)17(23)29-9-27-15(21)7-25-13(19)5-6-14(20)26-8-16(22)28-10-30-18(24)12(3)4;1-6(2)8(9)10-4-3-7-5-11-7;5-3(6)1-2-4(7)8;;;/h15-16,21-22H,1,3,5-12H2,2,4H3;14,17,20,23H,1,3,5-11H2,2,4H3;15-16,21-22H,1,3,5-10H2,2,4H3;7H,1,3-5H2,2H3;1-2H2,(H,5,6)(H,7,8);3*1H4. The third-order valence-electron chi connectivity index (χ3n) is 11.7. The summed E-state index contributed by atoms with van der Waals surface area (Å²) in [6.45, 7) is 30.5. The van der Waals surface area contributed by atoms with E-state index in [0.29, 0.717) is 18.3 Å². The molecule has 0 amide bonds. The highest BCUT2D eigenvalue weighted by Gasteiger charge is 2.24. The summed E-state index contributed by atoms with van der Waals surface area (Å²) in [5.41, 5.74) is 1.56. The summed E-state index contributed by atoms with van der Waals surface area (Å²) in [5.74, 6) is -11.1. The van der Waals surface area contributed by atoms with Crippen LogP contribution < -0.4 is 0 Å². The second-order valence-corrected chi connectivity index (χ2v) is 22.3. The Kier molecular flexibility index (Phi) is 71.9. The van der Waals surface area contributed by atoms with Crippen molar-refractivity contribution in [3.63, 3.8) is 0 Å². The molecule has 40 heteroatoms. The van der Waals surface area contributed by atoms with Gasteiger partial charge in [0, 0.05) is 64.7 Å². The summed E-state index contributed by atoms with van der Waals surface area (Å²) in [6, 6.07) is 0. The van der Waals surface area contributed by atoms with Gasteiger partial charge in [-0.15, -0.1) is 0 Å². The molecule has 1 aliphatic rings. The molecule has 8 N–H and O–H groups in total. The molecule has 1 heterocycles. The number of ether oxygens (including phenoxy) is 17. The third kappa shape index (κ3) is 72.7. The summed E-state index contributed by atoms with van der Waals surface area (Å²) in [7, 11) is 0. The average Bonchev–Trinajstić information content (AvgIpc) is 1.81. The zero-order valence-corrected chi connectivity index (χ0v) is 62.0. The lowest BCUT2D eigenvalue weighted by Crippen LogP contribution is -2.26. The maximum absolute atomic E-state index is 11.8. The molecule has 0 radical (unpaired) electrons. The van der Waals surface area contributed by atoms with Crippen molar-refractivity contribution in [1.29, 1.82) is 0 Å². The molecule has 1 saturated heterocycles. The number of aliphatic hydroxyl groups excluding tert-OH is 6. The van der Waals surface area contributed by atoms with E-state index in [9.17, 15) is 103 Å². The van der Waals surface area contributed by atoms with Crippen LogP contribution in [0.25, 0.3) is 0 Å². The number of rotatable bonds is 52. The van der Waals surface area contributed by atoms with Crippen molar-refractivity contribution in [2.24, 2.45) is 0 Å². The van der Waals surface area contributed by atoms with Crippen molar-refractivity contribution in [3.05, 3.63) is 85.1 Å². The SMILES string of the molecule is C.C.C.C=C(C)C(=O)OCCC(CO)OC(=O)CCC(=O)OC(CO)CCOC(=O)C(=C)C.C=C(C)C(=O)OCCC(CO)OC(=O)CCC(=O)OCC(O)OCOC(=O)C(=C)C.C=C(C)C(=O)OCCC1CO1.C=C(C)C(=O)OCOC(O)COC(=O)CCC(=O)OCC(O)OCOC(=O)C(=C)C.O=C(O)CCC(=O)O. The first kappa shape index (κ1) is 115. The fourth-order valence-electron chi connectivity index (χ4n) is 5.70. The summed E-state index contributed by atoms with van der Waals surface area (Å²) in [4.78, 5) is 167. The minimum Gasteiger partial charge on any atom is -0.481 e. The van der Waals surface area contributed by atoms with Crippen molar-refractivity contribution >= 4 is 89.5 Å². The number of carbonyl (C=O) groups excluding carboxylic acids is 13. The van der Waals surface area contributed by atoms with E-state index in [-0.39, 0.29) is 152 Å². The number of epoxide rings is 1. The highest BCUT2D eigenvalue weighted by atomic mass is 16.8. The summed E-state index contributed by atoms with van der Waals surface area (Å²) < 4.78 is 81.2. The van der Waals surface area contributed by atoms with Crippen LogP contribution in [-0.2, 0) is 152 Å². The average molecular weight is 1620 g/mol. The van der Waals surface area contributed by atoms with Gasteiger partial charge in [0.05, 0.1) is 110 Å². The van der Waals surface area contributed by atoms with Crippen LogP contribution in [0.3, 0.4) is 0 Å². The molecule has 642 valence electrons. The van der Waals surface area contributed by atoms with Crippen LogP contribution >= 0.6 is 0 Å². The minimum atomic E-state index is -1.54. The lowest BCUT2D eigenvalue weighted by atomic mass is 10.2. The van der Waals surface area contributed by atoms with Crippen molar-refractivity contribution < 1.29 is 193 Å². The number of hydrogen-bond acceptors (Lipinski definition) is 38. The van der Waals surface area contributed by atoms with Crippen molar-refractivity contribution in [2.45, 2.75) is 191 Å². The van der Waals surface area contributed by atoms with Crippen LogP contribution in [0.15, 0.2) is 85.1 Å². The van der Waals surface area contributed by atoms with Crippen LogP contribution in [0.2, 0.25) is 0 Å². The van der Waals surface area contributed by atoms with Gasteiger partial charge in [-0.05, 0) is 48.5 Å². The van der Waals surface area contributed by atoms with Gasteiger partial charge in [0.15, 0.2) is 39.2 Å². The topological polar surface area (TPSA) is 578 Å². The fraction of sp³-hybridized carbons (Fsp3) is 0.597. The van der Waals surface area contributed by atoms with Crippen LogP contribution in [0, 0.1) is 0 Å². The Morgan fingerprint density at radius 2 is 0.536 bits per heavy atom. The molecule has 1 fully saturated rings. The Bertz CT molecular complexity index is 2880. The molecule has 1 rings (SSSR count). The molecule has 40 nitrogen and oxygen atoms in total. The lowest BCUT2D eigenvalue weighted by molar-refractivity contribution is -0.199. The van der Waals surface area contributed by atoms with Crippen molar-refractivity contribution in [2.75, 3.05) is 93.1 Å². The van der Waals surface area contributed by atoms with Gasteiger partial charge in [-0.2, -0.15) is 0 Å². The number of carboxylic acid groups (broad SMARTS) is 2. The molecular formula is C72H114O40. The summed E-state index contributed by atoms with van der Waals surface area (Å²) in [6.07, 6.45) is -8.48. The number of carboxylic acids is 2. The summed E-state index contributed by atoms with van der Waals surface area (Å²) >= 11 is 0. The number of aliphatic carboxylic acids is 2. The third-order valence-corrected chi connectivity index (χ3v) is 11.7. The second-order valence-electron chi connectivity index (χ2n) is 22.3. The number of hydrogen-bond donors (Lipinski definition) is 8. The minimum absolute atomic E-state index is 0. The molecule has 0 saturated carbocycles. The zero-order chi connectivity index (χ0) is 84.1. The number of esters is 13. The van der Waals surface area contributed by atoms with Gasteiger partial charge in [0.1, 0.15) is 38.1 Å². The summed E-state index contributed by atoms with van der Waals surface area (Å²) in [5, 5.41) is 71.8. The van der Waals surface area contributed by atoms with Crippen molar-refractivity contribution in [1.82, 2.24) is 0 Å². The lowest BCUT2D eigenvalue weighted by Gasteiger charge is -2.17. The van der Waals surface area contributed by atoms with E-state index in [1.165, 1.54) is 41.5 Å². The van der Waals surface area contributed by atoms with Crippen LogP contribution in [-0.4, -0.2) is 267 Å². The Balaban J connectivity index is -0.000000260. The Morgan fingerprint density at radius 3 is 0.732 bits per heavy atom. The highest BCUT2D eigenvalue weighted by Crippen LogP contribution is 2.14. The van der Waals surface area contributed by atoms with Crippen LogP contribution in [0.4, 0.5) is 0 Å². The van der Waals surface area contributed by atoms with Gasteiger partial charge >= 0.3 is 89.5 Å². The predicted molar refractivity (Wildman–Crippen MR) is 386 cm³/mol. The van der Waals surface area contributed by atoms with E-state index in [4.69, 9.17) is 57.6 Å². The molecule has 0 aromatic carbocycles. The predicted octanol–water partition coefficient (Wildman–Crippen LogP) is 3.14. The monoisotopic (exact) mass is 1620 g/mol. The van der Waals surface area contributed by atoms with E-state index in [1.807, 2.05) is 0 Å². The number of carbonyl (C=O) groups is 15. The Labute approximate surface area is 650 Å². The van der Waals surface area contributed by atoms with Crippen molar-refractivity contribution in [3.8, 4) is 0 Å². The van der Waals surface area contributed by atoms with Gasteiger partial charge in [0.25, 0.3) is 0 Å². The molecule has 112 heavy (non-hydrogen) atoms. The Morgan fingerprint density at radius 1 is 0.330 bits per heavy atom. The first-order chi connectivity index (χ1) is 51.0. The molecule has 0 aromatic heterocycles. The zero-order valence-electron chi connectivity index (χ0n) is 62.0. The van der Waals surface area contributed by atoms with Crippen LogP contribution in [0.5, 0.6) is 0 Å². The normalized spacial score (nSPS) is 12.5. The highest BCUT2D eigenvalue weighted by molar-refractivity contribution is 5.89. The maximum Gasteiger partial charge on any atom is 0.335 e. The Hall–Kier alpha value is -10.2. The number of aliphatic hydroxyl groups is 6. The van der Waals surface area contributed by atoms with Gasteiger partial charge in [-0.25, -0.2) is 33.6 Å². The van der Waals surface area contributed by atoms with E-state index in [0.717, 1.165) is 13.0 Å². The van der Waals surface area contributed by atoms with Crippen LogP contribution in [0.1, 0.15) is 148 Å². The van der Waals surface area contributed by atoms with E-state index in [2.05, 4.69) is 79.2 Å². The smallest absolute Gasteiger partial charge is 0.335 e. The van der Waals surface area contributed by atoms with Gasteiger partial charge in [-0.3, -0.25) is 38.4 Å². The molecule has 1 aliphatic heterocycles. The largest absolute Gasteiger partial charge is 0.481 e. The molecular weight excluding hydrogens is 1500 g/mol. The molecule has 0 aliphatic carbocycles. The first-order valence-electron chi connectivity index (χ1n) is 32.6. The molecule has 0 spiro atoms. The van der Waals surface area contributed by atoms with Gasteiger partial charge in [-0.1, -0.05) is 68.3 Å². The molecule has 7 atom stereocenters. The molecule has 0 aromatic rings. The second kappa shape index (κ2) is 70.0. The van der Waals surface area contributed by atoms with Gasteiger partial charge < -0.3 is 121 Å². The van der Waals surface area contributed by atoms with E-state index < -0.39 is 181 Å². The van der Waals surface area contributed by atoms with Gasteiger partial charge in [0.2, 0.25) is 0 Å². The maximum atomic E-state index is 11.8. The first-order valence-corrected chi connectivity index (χ1v) is 32.6.